The van der Waals surface area contributed by atoms with Gasteiger partial charge in [0.05, 0.1) is 18.8 Å². The number of benzene rings is 1. The maximum atomic E-state index is 12.4. The second-order valence-corrected chi connectivity index (χ2v) is 7.76. The zero-order valence-corrected chi connectivity index (χ0v) is 17.0. The van der Waals surface area contributed by atoms with E-state index in [1.807, 2.05) is 24.3 Å². The second-order valence-electron chi connectivity index (χ2n) is 7.76. The third-order valence-electron chi connectivity index (χ3n) is 5.72. The van der Waals surface area contributed by atoms with Gasteiger partial charge in [-0.15, -0.1) is 0 Å². The first-order valence-corrected chi connectivity index (χ1v) is 10.5. The van der Waals surface area contributed by atoms with E-state index in [4.69, 9.17) is 4.74 Å². The molecule has 1 aromatic carbocycles. The van der Waals surface area contributed by atoms with Gasteiger partial charge in [-0.3, -0.25) is 9.48 Å². The maximum absolute atomic E-state index is 12.4. The van der Waals surface area contributed by atoms with Gasteiger partial charge in [-0.05, 0) is 31.4 Å². The number of nitrogens with zero attached hydrogens (tertiary/aromatic N) is 3. The summed E-state index contributed by atoms with van der Waals surface area (Å²) in [6, 6.07) is 7.89. The summed E-state index contributed by atoms with van der Waals surface area (Å²) in [6.07, 6.45) is 8.44. The fourth-order valence-electron chi connectivity index (χ4n) is 4.24. The number of amides is 1. The van der Waals surface area contributed by atoms with Gasteiger partial charge < -0.3 is 15.4 Å². The first-order chi connectivity index (χ1) is 14.3. The smallest absolute Gasteiger partial charge is 0.241 e. The number of fused-ring (bicyclic) bond motifs is 3. The van der Waals surface area contributed by atoms with Crippen molar-refractivity contribution >= 4 is 27.7 Å². The summed E-state index contributed by atoms with van der Waals surface area (Å²) in [6.45, 7) is 2.64. The lowest BCUT2D eigenvalue weighted by Gasteiger charge is -2.21. The standard InChI is InChI=1S/C22H29N5O2/c1-29-22-18-10-6-5-9-17(18)21-19(26-22)14-25-27(21)15-20(28)24-12-11-23-13-16-7-3-2-4-8-16/h5-6,9-10,14,16,23H,2-4,7-8,11-13,15H2,1H3,(H,24,28). The normalized spacial score (nSPS) is 15.1. The Morgan fingerprint density at radius 1 is 1.17 bits per heavy atom. The molecule has 1 aliphatic rings. The Hall–Kier alpha value is -2.67. The molecule has 154 valence electrons. The number of ether oxygens (including phenoxy) is 1. The Kier molecular flexibility index (Phi) is 6.24. The Morgan fingerprint density at radius 2 is 1.97 bits per heavy atom. The minimum Gasteiger partial charge on any atom is -0.481 e. The van der Waals surface area contributed by atoms with Crippen molar-refractivity contribution in [2.75, 3.05) is 26.7 Å². The molecule has 0 bridgehead atoms. The molecular weight excluding hydrogens is 366 g/mol. The van der Waals surface area contributed by atoms with Crippen LogP contribution in [-0.2, 0) is 11.3 Å². The van der Waals surface area contributed by atoms with Gasteiger partial charge >= 0.3 is 0 Å². The number of hydrogen-bond acceptors (Lipinski definition) is 5. The molecule has 1 saturated carbocycles. The van der Waals surface area contributed by atoms with E-state index < -0.39 is 0 Å². The molecule has 1 amide bonds. The molecule has 0 spiro atoms. The third-order valence-corrected chi connectivity index (χ3v) is 5.72. The van der Waals surface area contributed by atoms with Crippen molar-refractivity contribution in [2.45, 2.75) is 38.6 Å². The van der Waals surface area contributed by atoms with E-state index in [0.29, 0.717) is 12.4 Å². The minimum atomic E-state index is -0.0469. The van der Waals surface area contributed by atoms with Crippen LogP contribution in [0.15, 0.2) is 30.5 Å². The van der Waals surface area contributed by atoms with Crippen molar-refractivity contribution < 1.29 is 9.53 Å². The summed E-state index contributed by atoms with van der Waals surface area (Å²) < 4.78 is 7.13. The van der Waals surface area contributed by atoms with E-state index in [1.54, 1.807) is 18.0 Å². The Labute approximate surface area is 170 Å². The fraction of sp³-hybridized carbons (Fsp3) is 0.500. The van der Waals surface area contributed by atoms with Gasteiger partial charge in [-0.25, -0.2) is 4.98 Å². The number of nitrogens with one attached hydrogen (secondary N) is 2. The molecule has 2 N–H and O–H groups in total. The average Bonchev–Trinajstić information content (AvgIpc) is 3.16. The zero-order chi connectivity index (χ0) is 20.1. The van der Waals surface area contributed by atoms with Gasteiger partial charge in [0.2, 0.25) is 11.8 Å². The van der Waals surface area contributed by atoms with Crippen molar-refractivity contribution in [3.63, 3.8) is 0 Å². The van der Waals surface area contributed by atoms with Crippen molar-refractivity contribution in [1.29, 1.82) is 0 Å². The van der Waals surface area contributed by atoms with Crippen LogP contribution in [0.25, 0.3) is 21.8 Å². The molecule has 1 aliphatic carbocycles. The molecule has 4 rings (SSSR count). The van der Waals surface area contributed by atoms with Crippen LogP contribution < -0.4 is 15.4 Å². The zero-order valence-electron chi connectivity index (χ0n) is 17.0. The van der Waals surface area contributed by atoms with Gasteiger partial charge in [-0.1, -0.05) is 37.5 Å². The molecule has 3 aromatic rings. The quantitative estimate of drug-likeness (QED) is 0.573. The number of hydrogen-bond donors (Lipinski definition) is 2. The fourth-order valence-corrected chi connectivity index (χ4v) is 4.24. The van der Waals surface area contributed by atoms with Crippen LogP contribution in [-0.4, -0.2) is 47.4 Å². The molecule has 1 fully saturated rings. The largest absolute Gasteiger partial charge is 0.481 e. The van der Waals surface area contributed by atoms with Gasteiger partial charge in [0, 0.05) is 23.9 Å². The number of carbonyl (C=O) groups is 1. The average molecular weight is 396 g/mol. The van der Waals surface area contributed by atoms with Crippen LogP contribution in [0.1, 0.15) is 32.1 Å². The molecule has 0 atom stereocenters. The van der Waals surface area contributed by atoms with Crippen molar-refractivity contribution in [3.8, 4) is 5.88 Å². The van der Waals surface area contributed by atoms with Crippen molar-refractivity contribution in [1.82, 2.24) is 25.4 Å². The van der Waals surface area contributed by atoms with Crippen LogP contribution in [0.5, 0.6) is 5.88 Å². The van der Waals surface area contributed by atoms with Crippen LogP contribution in [0, 0.1) is 5.92 Å². The number of pyridine rings is 1. The molecule has 7 heteroatoms. The summed E-state index contributed by atoms with van der Waals surface area (Å²) in [7, 11) is 1.61. The highest BCUT2D eigenvalue weighted by molar-refractivity contribution is 6.06. The highest BCUT2D eigenvalue weighted by Gasteiger charge is 2.15. The number of methoxy groups -OCH3 is 1. The molecule has 0 unspecified atom stereocenters. The van der Waals surface area contributed by atoms with Gasteiger partial charge in [0.15, 0.2) is 0 Å². The van der Waals surface area contributed by atoms with Gasteiger partial charge in [0.25, 0.3) is 0 Å². The summed E-state index contributed by atoms with van der Waals surface area (Å²) in [5.74, 6) is 1.32. The highest BCUT2D eigenvalue weighted by Crippen LogP contribution is 2.30. The van der Waals surface area contributed by atoms with E-state index in [2.05, 4.69) is 20.7 Å². The monoisotopic (exact) mass is 395 g/mol. The summed E-state index contributed by atoms with van der Waals surface area (Å²) in [4.78, 5) is 17.0. The molecule has 0 radical (unpaired) electrons. The van der Waals surface area contributed by atoms with E-state index in [9.17, 15) is 4.79 Å². The SMILES string of the molecule is COc1nc2cnn(CC(=O)NCCNCC3CCCCC3)c2c2ccccc12. The lowest BCUT2D eigenvalue weighted by atomic mass is 9.89. The molecule has 0 saturated heterocycles. The van der Waals surface area contributed by atoms with E-state index in [0.717, 1.165) is 40.8 Å². The molecule has 0 aliphatic heterocycles. The van der Waals surface area contributed by atoms with Crippen molar-refractivity contribution in [2.24, 2.45) is 5.92 Å². The lowest BCUT2D eigenvalue weighted by molar-refractivity contribution is -0.121. The summed E-state index contributed by atoms with van der Waals surface area (Å²) >= 11 is 0. The third kappa shape index (κ3) is 4.50. The van der Waals surface area contributed by atoms with Gasteiger partial charge in [-0.2, -0.15) is 5.10 Å². The Bertz CT molecular complexity index is 978. The first kappa shape index (κ1) is 19.6. The first-order valence-electron chi connectivity index (χ1n) is 10.5. The van der Waals surface area contributed by atoms with Crippen LogP contribution in [0.4, 0.5) is 0 Å². The van der Waals surface area contributed by atoms with E-state index >= 15 is 0 Å². The number of carbonyl (C=O) groups excluding carboxylic acids is 1. The highest BCUT2D eigenvalue weighted by atomic mass is 16.5. The number of rotatable bonds is 8. The van der Waals surface area contributed by atoms with Crippen LogP contribution >= 0.6 is 0 Å². The number of aromatic nitrogens is 3. The van der Waals surface area contributed by atoms with Crippen LogP contribution in [0.2, 0.25) is 0 Å². The molecule has 2 heterocycles. The predicted molar refractivity (Wildman–Crippen MR) is 114 cm³/mol. The second kappa shape index (κ2) is 9.22. The molecule has 2 aromatic heterocycles. The molecular formula is C22H29N5O2. The van der Waals surface area contributed by atoms with Crippen LogP contribution in [0.3, 0.4) is 0 Å². The Balaban J connectivity index is 1.35. The van der Waals surface area contributed by atoms with Gasteiger partial charge in [0.1, 0.15) is 12.1 Å². The van der Waals surface area contributed by atoms with E-state index in [-0.39, 0.29) is 12.5 Å². The predicted octanol–water partition coefficient (Wildman–Crippen LogP) is 2.88. The molecule has 7 nitrogen and oxygen atoms in total. The summed E-state index contributed by atoms with van der Waals surface area (Å²) in [5, 5.41) is 12.7. The van der Waals surface area contributed by atoms with E-state index in [1.165, 1.54) is 32.1 Å². The maximum Gasteiger partial charge on any atom is 0.241 e. The topological polar surface area (TPSA) is 81.1 Å². The summed E-state index contributed by atoms with van der Waals surface area (Å²) in [5.41, 5.74) is 1.58. The van der Waals surface area contributed by atoms with Crippen molar-refractivity contribution in [3.05, 3.63) is 30.5 Å². The minimum absolute atomic E-state index is 0.0469. The lowest BCUT2D eigenvalue weighted by Crippen LogP contribution is -2.35. The Morgan fingerprint density at radius 3 is 2.76 bits per heavy atom. The molecule has 29 heavy (non-hydrogen) atoms.